The van der Waals surface area contributed by atoms with Crippen LogP contribution in [0.1, 0.15) is 23.1 Å². The third-order valence-corrected chi connectivity index (χ3v) is 4.61. The zero-order valence-electron chi connectivity index (χ0n) is 12.3. The van der Waals surface area contributed by atoms with Crippen molar-refractivity contribution in [3.05, 3.63) is 29.8 Å². The first-order valence-electron chi connectivity index (χ1n) is 6.79. The first kappa shape index (κ1) is 15.2. The Bertz CT molecular complexity index is 951. The van der Waals surface area contributed by atoms with Crippen molar-refractivity contribution in [2.75, 3.05) is 0 Å². The molecule has 118 valence electrons. The van der Waals surface area contributed by atoms with Gasteiger partial charge in [0.2, 0.25) is 0 Å². The monoisotopic (exact) mass is 331 g/mol. The van der Waals surface area contributed by atoms with Crippen LogP contribution >= 0.6 is 11.3 Å². The molecule has 0 saturated heterocycles. The van der Waals surface area contributed by atoms with Crippen LogP contribution in [-0.4, -0.2) is 38.1 Å². The summed E-state index contributed by atoms with van der Waals surface area (Å²) in [6.45, 7) is 3.20. The second-order valence-corrected chi connectivity index (χ2v) is 6.21. The van der Waals surface area contributed by atoms with E-state index in [-0.39, 0.29) is 11.4 Å². The minimum absolute atomic E-state index is 0.193. The number of rotatable bonds is 3. The highest BCUT2D eigenvalue weighted by atomic mass is 32.1. The zero-order valence-corrected chi connectivity index (χ0v) is 13.1. The molecule has 3 rings (SSSR count). The Morgan fingerprint density at radius 3 is 2.70 bits per heavy atom. The van der Waals surface area contributed by atoms with E-state index in [2.05, 4.69) is 15.3 Å². The van der Waals surface area contributed by atoms with Gasteiger partial charge in [-0.2, -0.15) is 0 Å². The van der Waals surface area contributed by atoms with Crippen LogP contribution in [0.2, 0.25) is 0 Å². The van der Waals surface area contributed by atoms with Gasteiger partial charge in [-0.15, -0.1) is 11.3 Å². The molecule has 0 aliphatic heterocycles. The first-order chi connectivity index (χ1) is 10.9. The van der Waals surface area contributed by atoms with Gasteiger partial charge >= 0.3 is 5.97 Å². The van der Waals surface area contributed by atoms with Crippen LogP contribution in [0.3, 0.4) is 0 Å². The summed E-state index contributed by atoms with van der Waals surface area (Å²) >= 11 is 1.30. The summed E-state index contributed by atoms with van der Waals surface area (Å²) in [7, 11) is 0. The van der Waals surface area contributed by atoms with E-state index in [1.54, 1.807) is 6.20 Å². The predicted molar refractivity (Wildman–Crippen MR) is 85.9 cm³/mol. The number of carboxylic acids is 1. The maximum absolute atomic E-state index is 12.1. The smallest absolute Gasteiger partial charge is 0.325 e. The molecule has 1 atom stereocenters. The molecule has 8 heteroatoms. The number of nitrogens with zero attached hydrogens (tertiary/aromatic N) is 2. The Morgan fingerprint density at radius 2 is 2.00 bits per heavy atom. The molecule has 3 N–H and O–H groups in total. The van der Waals surface area contributed by atoms with Crippen LogP contribution in [-0.2, 0) is 4.79 Å². The molecule has 3 heterocycles. The number of hydrogen-bond acceptors (Lipinski definition) is 6. The van der Waals surface area contributed by atoms with Crippen molar-refractivity contribution in [3.8, 4) is 5.75 Å². The number of aromatic hydroxyl groups is 1. The van der Waals surface area contributed by atoms with Crippen molar-refractivity contribution in [3.63, 3.8) is 0 Å². The van der Waals surface area contributed by atoms with Gasteiger partial charge in [-0.3, -0.25) is 14.6 Å². The van der Waals surface area contributed by atoms with E-state index in [0.717, 1.165) is 21.2 Å². The zero-order chi connectivity index (χ0) is 16.7. The fraction of sp³-hybridized carbons (Fsp3) is 0.200. The molecule has 3 aromatic heterocycles. The quantitative estimate of drug-likeness (QED) is 0.677. The first-order valence-corrected chi connectivity index (χ1v) is 7.60. The molecule has 0 aromatic carbocycles. The van der Waals surface area contributed by atoms with Gasteiger partial charge in [-0.05, 0) is 19.9 Å². The lowest BCUT2D eigenvalue weighted by Gasteiger charge is -2.09. The second kappa shape index (κ2) is 5.47. The van der Waals surface area contributed by atoms with Gasteiger partial charge in [-0.1, -0.05) is 0 Å². The molecule has 0 bridgehead atoms. The number of fused-ring (bicyclic) bond motifs is 3. The highest BCUT2D eigenvalue weighted by Gasteiger charge is 2.22. The molecule has 7 nitrogen and oxygen atoms in total. The minimum atomic E-state index is -1.16. The number of aromatic nitrogens is 2. The van der Waals surface area contributed by atoms with Crippen LogP contribution < -0.4 is 5.32 Å². The fourth-order valence-corrected chi connectivity index (χ4v) is 3.29. The van der Waals surface area contributed by atoms with Crippen molar-refractivity contribution < 1.29 is 19.8 Å². The van der Waals surface area contributed by atoms with Crippen LogP contribution in [0.25, 0.3) is 20.2 Å². The van der Waals surface area contributed by atoms with Crippen molar-refractivity contribution in [1.29, 1.82) is 0 Å². The Labute approximate surface area is 134 Å². The van der Waals surface area contributed by atoms with Crippen LogP contribution in [0.15, 0.2) is 18.5 Å². The number of aliphatic carboxylic acids is 1. The summed E-state index contributed by atoms with van der Waals surface area (Å²) in [6.07, 6.45) is 3.22. The molecule has 0 unspecified atom stereocenters. The predicted octanol–water partition coefficient (Wildman–Crippen LogP) is 2.06. The van der Waals surface area contributed by atoms with Gasteiger partial charge < -0.3 is 15.5 Å². The van der Waals surface area contributed by atoms with Gasteiger partial charge in [0.25, 0.3) is 5.91 Å². The lowest BCUT2D eigenvalue weighted by Crippen LogP contribution is -2.38. The number of pyridine rings is 2. The maximum atomic E-state index is 12.1. The second-order valence-electron chi connectivity index (χ2n) is 5.16. The number of carboxylic acid groups (broad SMARTS) is 1. The molecule has 0 aliphatic carbocycles. The number of nitrogens with one attached hydrogen (secondary N) is 1. The van der Waals surface area contributed by atoms with Gasteiger partial charge in [-0.25, -0.2) is 4.98 Å². The van der Waals surface area contributed by atoms with Crippen molar-refractivity contribution in [2.24, 2.45) is 0 Å². The number of amides is 1. The third-order valence-electron chi connectivity index (χ3n) is 3.45. The topological polar surface area (TPSA) is 112 Å². The van der Waals surface area contributed by atoms with E-state index in [1.165, 1.54) is 24.5 Å². The average molecular weight is 331 g/mol. The molecule has 3 aromatic rings. The van der Waals surface area contributed by atoms with Crippen LogP contribution in [0, 0.1) is 6.92 Å². The van der Waals surface area contributed by atoms with Gasteiger partial charge in [0.1, 0.15) is 6.04 Å². The summed E-state index contributed by atoms with van der Waals surface area (Å²) in [4.78, 5) is 31.1. The number of carbonyl (C=O) groups excluding carboxylic acids is 1. The van der Waals surface area contributed by atoms with Gasteiger partial charge in [0.05, 0.1) is 9.40 Å². The van der Waals surface area contributed by atoms with Gasteiger partial charge in [0, 0.05) is 28.9 Å². The summed E-state index contributed by atoms with van der Waals surface area (Å²) < 4.78 is 1.40. The van der Waals surface area contributed by atoms with Gasteiger partial charge in [0.15, 0.2) is 11.4 Å². The van der Waals surface area contributed by atoms with E-state index in [0.29, 0.717) is 4.70 Å². The highest BCUT2D eigenvalue weighted by molar-refractivity contribution is 7.26. The molecular formula is C15H13N3O4S. The van der Waals surface area contributed by atoms with Crippen molar-refractivity contribution in [2.45, 2.75) is 19.9 Å². The normalized spacial score (nSPS) is 12.4. The molecular weight excluding hydrogens is 318 g/mol. The summed E-state index contributed by atoms with van der Waals surface area (Å²) in [5, 5.41) is 23.1. The molecule has 0 spiro atoms. The molecule has 0 aliphatic rings. The lowest BCUT2D eigenvalue weighted by atomic mass is 10.2. The van der Waals surface area contributed by atoms with Crippen molar-refractivity contribution >= 4 is 43.4 Å². The summed E-state index contributed by atoms with van der Waals surface area (Å²) in [5.74, 6) is -2.15. The fourth-order valence-electron chi connectivity index (χ4n) is 2.22. The maximum Gasteiger partial charge on any atom is 0.325 e. The average Bonchev–Trinajstić information content (AvgIpc) is 2.86. The summed E-state index contributed by atoms with van der Waals surface area (Å²) in [5.41, 5.74) is 0.649. The Kier molecular flexibility index (Phi) is 3.61. The molecule has 0 radical (unpaired) electrons. The number of carbonyl (C=O) groups is 2. The van der Waals surface area contributed by atoms with E-state index in [4.69, 9.17) is 5.11 Å². The largest absolute Gasteiger partial charge is 0.504 e. The Morgan fingerprint density at radius 1 is 1.26 bits per heavy atom. The summed E-state index contributed by atoms with van der Waals surface area (Å²) in [6, 6.07) is 0.815. The lowest BCUT2D eigenvalue weighted by molar-refractivity contribution is -0.138. The number of thiophene rings is 1. The number of aryl methyl sites for hydroxylation is 1. The van der Waals surface area contributed by atoms with Crippen LogP contribution in [0.4, 0.5) is 0 Å². The highest BCUT2D eigenvalue weighted by Crippen LogP contribution is 2.39. The molecule has 0 saturated carbocycles. The molecule has 0 fully saturated rings. The van der Waals surface area contributed by atoms with Crippen molar-refractivity contribution in [1.82, 2.24) is 15.3 Å². The number of hydrogen-bond donors (Lipinski definition) is 3. The minimum Gasteiger partial charge on any atom is -0.504 e. The third kappa shape index (κ3) is 2.57. The Hall–Kier alpha value is -2.74. The Balaban J connectivity index is 2.10. The van der Waals surface area contributed by atoms with E-state index >= 15 is 0 Å². The molecule has 1 amide bonds. The van der Waals surface area contributed by atoms with E-state index in [1.807, 2.05) is 13.0 Å². The van der Waals surface area contributed by atoms with E-state index in [9.17, 15) is 14.7 Å². The molecule has 23 heavy (non-hydrogen) atoms. The van der Waals surface area contributed by atoms with Crippen LogP contribution in [0.5, 0.6) is 5.75 Å². The van der Waals surface area contributed by atoms with E-state index < -0.39 is 17.9 Å². The standard InChI is InChI=1S/C15H13N3O4S/c1-6-3-8-9-4-17-11(14(20)18-7(2)15(21)22)12(19)13(9)23-10(8)5-16-6/h3-5,7,19H,1-2H3,(H,18,20)(H,21,22)/t7-/m0/s1. The SMILES string of the molecule is Cc1cc2c(cn1)sc1c(O)c(C(=O)N[C@@H](C)C(=O)O)ncc12.